The minimum absolute atomic E-state index is 0.192. The molecule has 0 radical (unpaired) electrons. The highest BCUT2D eigenvalue weighted by molar-refractivity contribution is 7.13. The smallest absolute Gasteiger partial charge is 0.261 e. The first-order valence-corrected chi connectivity index (χ1v) is 9.40. The number of rotatable bonds is 6. The Morgan fingerprint density at radius 1 is 1.26 bits per heavy atom. The summed E-state index contributed by atoms with van der Waals surface area (Å²) >= 11 is 1.63. The van der Waals surface area contributed by atoms with Crippen molar-refractivity contribution >= 4 is 17.2 Å². The molecule has 0 saturated carbocycles. The number of thiophene rings is 1. The van der Waals surface area contributed by atoms with Gasteiger partial charge in [-0.25, -0.2) is 0 Å². The fourth-order valence-electron chi connectivity index (χ4n) is 2.68. The zero-order chi connectivity index (χ0) is 18.6. The highest BCUT2D eigenvalue weighted by Gasteiger charge is 2.18. The molecule has 0 spiro atoms. The van der Waals surface area contributed by atoms with Gasteiger partial charge in [0.25, 0.3) is 5.91 Å². The Balaban J connectivity index is 1.34. The molecule has 0 saturated heterocycles. The molecular weight excluding hydrogens is 364 g/mol. The first-order valence-electron chi connectivity index (χ1n) is 8.52. The molecule has 1 atom stereocenters. The fraction of sp³-hybridized carbons (Fsp3) is 0.200. The topological polar surface area (TPSA) is 69.7 Å². The Hall–Kier alpha value is -3.06. The monoisotopic (exact) mass is 382 g/mol. The van der Waals surface area contributed by atoms with Crippen LogP contribution in [0, 0.1) is 0 Å². The van der Waals surface area contributed by atoms with Gasteiger partial charge in [-0.3, -0.25) is 9.78 Å². The van der Waals surface area contributed by atoms with Crippen molar-refractivity contribution in [2.75, 3.05) is 6.79 Å². The van der Waals surface area contributed by atoms with Crippen LogP contribution in [0.4, 0.5) is 0 Å². The molecule has 6 nitrogen and oxygen atoms in total. The predicted molar refractivity (Wildman–Crippen MR) is 102 cm³/mol. The summed E-state index contributed by atoms with van der Waals surface area (Å²) in [4.78, 5) is 17.8. The van der Waals surface area contributed by atoms with Gasteiger partial charge in [-0.15, -0.1) is 11.3 Å². The van der Waals surface area contributed by atoms with Gasteiger partial charge in [0.05, 0.1) is 10.6 Å². The number of nitrogens with zero attached hydrogens (tertiary/aromatic N) is 1. The molecule has 2 aromatic heterocycles. The first-order chi connectivity index (χ1) is 13.2. The number of hydrogen-bond acceptors (Lipinski definition) is 6. The molecule has 0 bridgehead atoms. The summed E-state index contributed by atoms with van der Waals surface area (Å²) in [6, 6.07) is 13.1. The quantitative estimate of drug-likeness (QED) is 0.705. The molecule has 138 valence electrons. The number of fused-ring (bicyclic) bond motifs is 1. The Labute approximate surface area is 160 Å². The lowest BCUT2D eigenvalue weighted by atomic mass is 10.2. The van der Waals surface area contributed by atoms with Gasteiger partial charge in [-0.05, 0) is 48.2 Å². The van der Waals surface area contributed by atoms with Crippen LogP contribution in [0.25, 0.3) is 10.6 Å². The maximum Gasteiger partial charge on any atom is 0.261 e. The van der Waals surface area contributed by atoms with E-state index in [1.807, 2.05) is 29.6 Å². The number of carbonyl (C=O) groups is 1. The summed E-state index contributed by atoms with van der Waals surface area (Å²) in [5.41, 5.74) is 1.89. The third-order valence-electron chi connectivity index (χ3n) is 4.09. The van der Waals surface area contributed by atoms with Gasteiger partial charge in [0, 0.05) is 18.8 Å². The van der Waals surface area contributed by atoms with Gasteiger partial charge >= 0.3 is 0 Å². The Bertz CT molecular complexity index is 943. The third kappa shape index (κ3) is 4.03. The van der Waals surface area contributed by atoms with Gasteiger partial charge in [-0.2, -0.15) is 0 Å². The second kappa shape index (κ2) is 7.67. The van der Waals surface area contributed by atoms with Gasteiger partial charge in [0.15, 0.2) is 17.6 Å². The number of hydrogen-bond donors (Lipinski definition) is 1. The van der Waals surface area contributed by atoms with Gasteiger partial charge in [0.2, 0.25) is 6.79 Å². The van der Waals surface area contributed by atoms with Crippen molar-refractivity contribution in [2.24, 2.45) is 0 Å². The van der Waals surface area contributed by atoms with E-state index in [1.54, 1.807) is 42.7 Å². The number of carbonyl (C=O) groups excluding carboxylic acids is 1. The van der Waals surface area contributed by atoms with Crippen molar-refractivity contribution in [1.29, 1.82) is 0 Å². The van der Waals surface area contributed by atoms with Crippen molar-refractivity contribution in [3.63, 3.8) is 0 Å². The number of benzene rings is 1. The second-order valence-corrected chi connectivity index (χ2v) is 6.97. The normalized spacial score (nSPS) is 13.2. The molecule has 1 N–H and O–H groups in total. The van der Waals surface area contributed by atoms with Crippen molar-refractivity contribution in [3.8, 4) is 27.8 Å². The van der Waals surface area contributed by atoms with Crippen LogP contribution in [0.2, 0.25) is 0 Å². The summed E-state index contributed by atoms with van der Waals surface area (Å²) < 4.78 is 16.3. The zero-order valence-electron chi connectivity index (χ0n) is 14.7. The van der Waals surface area contributed by atoms with Crippen LogP contribution in [0.1, 0.15) is 12.5 Å². The van der Waals surface area contributed by atoms with E-state index >= 15 is 0 Å². The number of nitrogens with one attached hydrogen (secondary N) is 1. The van der Waals surface area contributed by atoms with E-state index in [0.717, 1.165) is 16.1 Å². The van der Waals surface area contributed by atoms with E-state index < -0.39 is 6.10 Å². The lowest BCUT2D eigenvalue weighted by Crippen LogP contribution is -2.35. The number of amides is 1. The maximum absolute atomic E-state index is 12.4. The van der Waals surface area contributed by atoms with Crippen LogP contribution in [0.5, 0.6) is 17.2 Å². The zero-order valence-corrected chi connectivity index (χ0v) is 15.5. The highest BCUT2D eigenvalue weighted by atomic mass is 32.1. The molecule has 0 aliphatic carbocycles. The first kappa shape index (κ1) is 17.4. The SMILES string of the molecule is CC(Oc1ccc2c(c1)OCO2)C(=O)NCc1ccnc(-c2cccs2)c1. The molecule has 1 aliphatic rings. The van der Waals surface area contributed by atoms with Crippen molar-refractivity contribution < 1.29 is 19.0 Å². The van der Waals surface area contributed by atoms with Crippen molar-refractivity contribution in [2.45, 2.75) is 19.6 Å². The molecule has 7 heteroatoms. The van der Waals surface area contributed by atoms with Crippen LogP contribution >= 0.6 is 11.3 Å². The summed E-state index contributed by atoms with van der Waals surface area (Å²) in [5.74, 6) is 1.67. The van der Waals surface area contributed by atoms with E-state index in [1.165, 1.54) is 0 Å². The van der Waals surface area contributed by atoms with E-state index in [0.29, 0.717) is 23.8 Å². The van der Waals surface area contributed by atoms with E-state index in [4.69, 9.17) is 14.2 Å². The highest BCUT2D eigenvalue weighted by Crippen LogP contribution is 2.35. The standard InChI is InChI=1S/C20H18N2O4S/c1-13(26-15-4-5-17-18(10-15)25-12-24-17)20(23)22-11-14-6-7-21-16(9-14)19-3-2-8-27-19/h2-10,13H,11-12H2,1H3,(H,22,23). The molecule has 0 fully saturated rings. The minimum Gasteiger partial charge on any atom is -0.481 e. The molecule has 27 heavy (non-hydrogen) atoms. The van der Waals surface area contributed by atoms with Crippen LogP contribution in [0.15, 0.2) is 54.0 Å². The summed E-state index contributed by atoms with van der Waals surface area (Å²) in [6.45, 7) is 2.33. The molecule has 4 rings (SSSR count). The predicted octanol–water partition coefficient (Wildman–Crippen LogP) is 3.62. The maximum atomic E-state index is 12.4. The Morgan fingerprint density at radius 3 is 3.00 bits per heavy atom. The van der Waals surface area contributed by atoms with E-state index in [2.05, 4.69) is 10.3 Å². The molecule has 1 aliphatic heterocycles. The number of aromatic nitrogens is 1. The summed E-state index contributed by atoms with van der Waals surface area (Å²) in [5, 5.41) is 4.91. The average molecular weight is 382 g/mol. The fourth-order valence-corrected chi connectivity index (χ4v) is 3.38. The second-order valence-electron chi connectivity index (χ2n) is 6.02. The van der Waals surface area contributed by atoms with Crippen LogP contribution < -0.4 is 19.5 Å². The van der Waals surface area contributed by atoms with Crippen molar-refractivity contribution in [1.82, 2.24) is 10.3 Å². The van der Waals surface area contributed by atoms with Crippen LogP contribution in [0.3, 0.4) is 0 Å². The molecule has 1 unspecified atom stereocenters. The largest absolute Gasteiger partial charge is 0.481 e. The molecular formula is C20H18N2O4S. The Morgan fingerprint density at radius 2 is 2.15 bits per heavy atom. The molecule has 3 aromatic rings. The lowest BCUT2D eigenvalue weighted by Gasteiger charge is -2.15. The Kier molecular flexibility index (Phi) is 4.93. The van der Waals surface area contributed by atoms with Gasteiger partial charge < -0.3 is 19.5 Å². The van der Waals surface area contributed by atoms with Gasteiger partial charge in [0.1, 0.15) is 5.75 Å². The van der Waals surface area contributed by atoms with Crippen LogP contribution in [-0.4, -0.2) is 23.8 Å². The van der Waals surface area contributed by atoms with Crippen LogP contribution in [-0.2, 0) is 11.3 Å². The molecule has 3 heterocycles. The van der Waals surface area contributed by atoms with E-state index in [9.17, 15) is 4.79 Å². The van der Waals surface area contributed by atoms with Gasteiger partial charge in [-0.1, -0.05) is 6.07 Å². The number of ether oxygens (including phenoxy) is 3. The summed E-state index contributed by atoms with van der Waals surface area (Å²) in [6.07, 6.45) is 1.12. The average Bonchev–Trinajstić information content (AvgIpc) is 3.37. The summed E-state index contributed by atoms with van der Waals surface area (Å²) in [7, 11) is 0. The molecule has 1 aromatic carbocycles. The third-order valence-corrected chi connectivity index (χ3v) is 4.98. The molecule has 1 amide bonds. The van der Waals surface area contributed by atoms with E-state index in [-0.39, 0.29) is 12.7 Å². The minimum atomic E-state index is -0.635. The van der Waals surface area contributed by atoms with Crippen molar-refractivity contribution in [3.05, 3.63) is 59.6 Å². The lowest BCUT2D eigenvalue weighted by molar-refractivity contribution is -0.127. The number of pyridine rings is 1.